The van der Waals surface area contributed by atoms with Crippen molar-refractivity contribution in [2.75, 3.05) is 24.8 Å². The van der Waals surface area contributed by atoms with Crippen LogP contribution in [0.4, 0.5) is 5.69 Å². The third kappa shape index (κ3) is 3.51. The van der Waals surface area contributed by atoms with Gasteiger partial charge in [-0.25, -0.2) is 0 Å². The molecular formula is C14H20ClN5. The maximum absolute atomic E-state index is 5.79. The zero-order valence-corrected chi connectivity index (χ0v) is 12.7. The van der Waals surface area contributed by atoms with Gasteiger partial charge in [-0.2, -0.15) is 0 Å². The molecule has 2 N–H and O–H groups in total. The predicted molar refractivity (Wildman–Crippen MR) is 77.9 cm³/mol. The Kier molecular flexibility index (Phi) is 5.58. The second-order valence-electron chi connectivity index (χ2n) is 4.55. The molecule has 0 radical (unpaired) electrons. The van der Waals surface area contributed by atoms with Crippen molar-refractivity contribution in [2.24, 2.45) is 5.10 Å². The van der Waals surface area contributed by atoms with Crippen LogP contribution in [0.25, 0.3) is 0 Å². The van der Waals surface area contributed by atoms with Gasteiger partial charge in [0.1, 0.15) is 0 Å². The standard InChI is InChI=1S/C14H20N5.ClH/c1-4-14-18(15)9-10-19(14)16-11-12-5-7-13(8-6-12)17(2)3;/h5-11H,4,15H2,1-3H3;1H/q+1;/p-1/b16-11+;. The minimum atomic E-state index is 0. The molecule has 1 aromatic heterocycles. The van der Waals surface area contributed by atoms with Crippen molar-refractivity contribution < 1.29 is 17.1 Å². The van der Waals surface area contributed by atoms with Gasteiger partial charge in [-0.15, -0.1) is 9.35 Å². The highest BCUT2D eigenvalue weighted by molar-refractivity contribution is 5.79. The molecule has 6 heteroatoms. The summed E-state index contributed by atoms with van der Waals surface area (Å²) < 4.78 is 3.38. The zero-order valence-electron chi connectivity index (χ0n) is 12.0. The fourth-order valence-corrected chi connectivity index (χ4v) is 1.86. The lowest BCUT2D eigenvalue weighted by atomic mass is 10.2. The van der Waals surface area contributed by atoms with Gasteiger partial charge in [0.05, 0.1) is 12.6 Å². The molecule has 20 heavy (non-hydrogen) atoms. The second kappa shape index (κ2) is 6.96. The van der Waals surface area contributed by atoms with Crippen LogP contribution in [0.5, 0.6) is 0 Å². The van der Waals surface area contributed by atoms with Gasteiger partial charge in [0, 0.05) is 19.8 Å². The summed E-state index contributed by atoms with van der Waals surface area (Å²) in [7, 11) is 4.05. The fourth-order valence-electron chi connectivity index (χ4n) is 1.86. The number of nitrogen functional groups attached to an aromatic ring is 1. The van der Waals surface area contributed by atoms with E-state index in [4.69, 9.17) is 5.84 Å². The number of nitrogens with two attached hydrogens (primary N) is 1. The first-order chi connectivity index (χ1) is 9.11. The SMILES string of the molecule is CCc1n(N)cc[n+]1/N=C/c1ccc(N(C)C)cc1.[Cl-]. The number of imidazole rings is 1. The molecule has 0 aliphatic rings. The first-order valence-electron chi connectivity index (χ1n) is 6.30. The Hall–Kier alpha value is -2.01. The highest BCUT2D eigenvalue weighted by atomic mass is 35.5. The quantitative estimate of drug-likeness (QED) is 0.403. The van der Waals surface area contributed by atoms with E-state index < -0.39 is 0 Å². The summed E-state index contributed by atoms with van der Waals surface area (Å²) in [5, 5.41) is 4.42. The van der Waals surface area contributed by atoms with Gasteiger partial charge in [-0.05, 0) is 17.7 Å². The lowest BCUT2D eigenvalue weighted by molar-refractivity contribution is -0.685. The van der Waals surface area contributed by atoms with Crippen LogP contribution in [0.1, 0.15) is 18.3 Å². The summed E-state index contributed by atoms with van der Waals surface area (Å²) in [5.41, 5.74) is 2.23. The van der Waals surface area contributed by atoms with Crippen LogP contribution >= 0.6 is 0 Å². The molecule has 0 bridgehead atoms. The number of aromatic nitrogens is 2. The molecule has 2 rings (SSSR count). The maximum atomic E-state index is 5.79. The summed E-state index contributed by atoms with van der Waals surface area (Å²) in [6, 6.07) is 8.23. The molecule has 1 aromatic carbocycles. The van der Waals surface area contributed by atoms with Gasteiger partial charge < -0.3 is 17.3 Å². The van der Waals surface area contributed by atoms with Crippen LogP contribution in [-0.4, -0.2) is 25.0 Å². The summed E-state index contributed by atoms with van der Waals surface area (Å²) >= 11 is 0. The van der Waals surface area contributed by atoms with E-state index >= 15 is 0 Å². The van der Waals surface area contributed by atoms with Crippen molar-refractivity contribution >= 4 is 11.9 Å². The highest BCUT2D eigenvalue weighted by Crippen LogP contribution is 2.10. The number of anilines is 1. The Balaban J connectivity index is 0.00000200. The molecule has 0 unspecified atom stereocenters. The predicted octanol–water partition coefficient (Wildman–Crippen LogP) is -2.00. The molecule has 1 heterocycles. The number of nitrogens with zero attached hydrogens (tertiary/aromatic N) is 4. The Morgan fingerprint density at radius 2 is 1.95 bits per heavy atom. The summed E-state index contributed by atoms with van der Waals surface area (Å²) in [6.45, 7) is 2.05. The Bertz CT molecular complexity index is 572. The lowest BCUT2D eigenvalue weighted by Gasteiger charge is -2.11. The molecule has 0 saturated heterocycles. The van der Waals surface area contributed by atoms with Gasteiger partial charge in [0.25, 0.3) is 0 Å². The van der Waals surface area contributed by atoms with Crippen molar-refractivity contribution in [3.8, 4) is 0 Å². The summed E-state index contributed by atoms with van der Waals surface area (Å²) in [5.74, 6) is 6.75. The molecular weight excluding hydrogens is 274 g/mol. The smallest absolute Gasteiger partial charge is 0.304 e. The molecule has 0 amide bonds. The van der Waals surface area contributed by atoms with E-state index in [1.807, 2.05) is 38.6 Å². The van der Waals surface area contributed by atoms with Crippen LogP contribution in [0.15, 0.2) is 41.8 Å². The van der Waals surface area contributed by atoms with Crippen molar-refractivity contribution in [1.82, 2.24) is 4.68 Å². The lowest BCUT2D eigenvalue weighted by Crippen LogP contribution is -3.00. The number of hydrogen-bond donors (Lipinski definition) is 1. The van der Waals surface area contributed by atoms with E-state index in [1.54, 1.807) is 15.5 Å². The first kappa shape index (κ1) is 16.0. The first-order valence-corrected chi connectivity index (χ1v) is 6.30. The van der Waals surface area contributed by atoms with E-state index in [2.05, 4.69) is 29.1 Å². The Morgan fingerprint density at radius 1 is 1.30 bits per heavy atom. The molecule has 0 aliphatic heterocycles. The highest BCUT2D eigenvalue weighted by Gasteiger charge is 2.11. The topological polar surface area (TPSA) is 50.4 Å². The van der Waals surface area contributed by atoms with Crippen LogP contribution in [0.3, 0.4) is 0 Å². The molecule has 0 atom stereocenters. The number of benzene rings is 1. The van der Waals surface area contributed by atoms with Crippen LogP contribution in [-0.2, 0) is 6.42 Å². The van der Waals surface area contributed by atoms with E-state index in [1.165, 1.54) is 5.69 Å². The van der Waals surface area contributed by atoms with Crippen LogP contribution in [0.2, 0.25) is 0 Å². The van der Waals surface area contributed by atoms with Gasteiger partial charge >= 0.3 is 5.82 Å². The van der Waals surface area contributed by atoms with Crippen molar-refractivity contribution in [3.63, 3.8) is 0 Å². The molecule has 2 aromatic rings. The van der Waals surface area contributed by atoms with E-state index in [9.17, 15) is 0 Å². The molecule has 108 valence electrons. The van der Waals surface area contributed by atoms with Gasteiger partial charge in [0.15, 0.2) is 12.4 Å². The van der Waals surface area contributed by atoms with Crippen LogP contribution in [0, 0.1) is 0 Å². The third-order valence-electron chi connectivity index (χ3n) is 2.99. The largest absolute Gasteiger partial charge is 1.00 e. The third-order valence-corrected chi connectivity index (χ3v) is 2.99. The minimum absolute atomic E-state index is 0. The zero-order chi connectivity index (χ0) is 13.8. The fraction of sp³-hybridized carbons (Fsp3) is 0.286. The summed E-state index contributed by atoms with van der Waals surface area (Å²) in [6.07, 6.45) is 6.31. The van der Waals surface area contributed by atoms with E-state index in [-0.39, 0.29) is 12.4 Å². The minimum Gasteiger partial charge on any atom is -1.00 e. The van der Waals surface area contributed by atoms with E-state index in [0.29, 0.717) is 0 Å². The summed E-state index contributed by atoms with van der Waals surface area (Å²) in [4.78, 5) is 2.07. The van der Waals surface area contributed by atoms with Crippen molar-refractivity contribution in [1.29, 1.82) is 0 Å². The number of hydrogen-bond acceptors (Lipinski definition) is 3. The average Bonchev–Trinajstić information content (AvgIpc) is 2.77. The molecule has 5 nitrogen and oxygen atoms in total. The van der Waals surface area contributed by atoms with E-state index in [0.717, 1.165) is 17.8 Å². The molecule has 0 aliphatic carbocycles. The maximum Gasteiger partial charge on any atom is 0.304 e. The monoisotopic (exact) mass is 293 g/mol. The Morgan fingerprint density at radius 3 is 2.50 bits per heavy atom. The Labute approximate surface area is 125 Å². The van der Waals surface area contributed by atoms with Crippen molar-refractivity contribution in [2.45, 2.75) is 13.3 Å². The second-order valence-corrected chi connectivity index (χ2v) is 4.55. The molecule has 0 saturated carbocycles. The normalized spacial score (nSPS) is 10.6. The average molecular weight is 294 g/mol. The molecule has 0 spiro atoms. The van der Waals surface area contributed by atoms with Gasteiger partial charge in [-0.1, -0.05) is 24.2 Å². The number of halogens is 1. The van der Waals surface area contributed by atoms with Crippen LogP contribution < -0.4 is 27.8 Å². The van der Waals surface area contributed by atoms with Gasteiger partial charge in [-0.3, -0.25) is 5.84 Å². The number of rotatable bonds is 4. The molecule has 0 fully saturated rings. The van der Waals surface area contributed by atoms with Crippen molar-refractivity contribution in [3.05, 3.63) is 48.0 Å². The van der Waals surface area contributed by atoms with Gasteiger partial charge in [0.2, 0.25) is 0 Å².